The molecule has 0 radical (unpaired) electrons. The van der Waals surface area contributed by atoms with Crippen LogP contribution in [0.3, 0.4) is 0 Å². The van der Waals surface area contributed by atoms with Crippen molar-refractivity contribution in [1.82, 2.24) is 9.97 Å². The third-order valence-electron chi connectivity index (χ3n) is 4.32. The molecule has 0 atom stereocenters. The Labute approximate surface area is 167 Å². The number of halogens is 3. The van der Waals surface area contributed by atoms with Crippen LogP contribution in [-0.4, -0.2) is 15.9 Å². The van der Waals surface area contributed by atoms with E-state index in [2.05, 4.69) is 15.3 Å². The molecule has 0 spiro atoms. The molecular formula is C21H12F3N3O3. The number of hydrogen-bond acceptors (Lipinski definition) is 5. The summed E-state index contributed by atoms with van der Waals surface area (Å²) in [5.41, 5.74) is -1.50. The van der Waals surface area contributed by atoms with Crippen molar-refractivity contribution in [2.75, 3.05) is 5.32 Å². The van der Waals surface area contributed by atoms with Crippen molar-refractivity contribution >= 4 is 22.6 Å². The van der Waals surface area contributed by atoms with Gasteiger partial charge in [0, 0.05) is 24.0 Å². The Morgan fingerprint density at radius 2 is 1.73 bits per heavy atom. The molecule has 0 fully saturated rings. The highest BCUT2D eigenvalue weighted by molar-refractivity contribution is 6.07. The molecule has 2 heterocycles. The molecule has 0 saturated heterocycles. The van der Waals surface area contributed by atoms with Gasteiger partial charge in [-0.1, -0.05) is 24.3 Å². The lowest BCUT2D eigenvalue weighted by atomic mass is 10.0. The third kappa shape index (κ3) is 3.64. The van der Waals surface area contributed by atoms with Gasteiger partial charge in [-0.2, -0.15) is 13.2 Å². The zero-order valence-corrected chi connectivity index (χ0v) is 15.1. The van der Waals surface area contributed by atoms with E-state index in [4.69, 9.17) is 4.42 Å². The second-order valence-corrected chi connectivity index (χ2v) is 6.28. The SMILES string of the molecule is O=C(Nc1cccc2c(=O)cc(-c3ccccc3C(F)(F)F)oc12)c1cncnc1. The van der Waals surface area contributed by atoms with Gasteiger partial charge < -0.3 is 9.73 Å². The number of hydrogen-bond donors (Lipinski definition) is 1. The summed E-state index contributed by atoms with van der Waals surface area (Å²) < 4.78 is 45.9. The molecule has 0 saturated carbocycles. The number of fused-ring (bicyclic) bond motifs is 1. The van der Waals surface area contributed by atoms with Gasteiger partial charge in [-0.05, 0) is 18.2 Å². The smallest absolute Gasteiger partial charge is 0.417 e. The maximum Gasteiger partial charge on any atom is 0.417 e. The first-order valence-electron chi connectivity index (χ1n) is 8.64. The van der Waals surface area contributed by atoms with Gasteiger partial charge in [0.2, 0.25) is 0 Å². The monoisotopic (exact) mass is 411 g/mol. The first-order chi connectivity index (χ1) is 14.3. The minimum absolute atomic E-state index is 0.0397. The van der Waals surface area contributed by atoms with E-state index in [0.717, 1.165) is 12.1 Å². The Kier molecular flexibility index (Phi) is 4.78. The van der Waals surface area contributed by atoms with Crippen LogP contribution in [-0.2, 0) is 6.18 Å². The average molecular weight is 411 g/mol. The Morgan fingerprint density at radius 3 is 2.47 bits per heavy atom. The highest BCUT2D eigenvalue weighted by Crippen LogP contribution is 2.37. The van der Waals surface area contributed by atoms with E-state index in [1.807, 2.05) is 0 Å². The van der Waals surface area contributed by atoms with Crippen LogP contribution in [0.4, 0.5) is 18.9 Å². The number of alkyl halides is 3. The Bertz CT molecular complexity index is 1300. The average Bonchev–Trinajstić information content (AvgIpc) is 2.74. The molecule has 9 heteroatoms. The number of amides is 1. The fourth-order valence-corrected chi connectivity index (χ4v) is 2.96. The molecule has 4 rings (SSSR count). The number of benzene rings is 2. The van der Waals surface area contributed by atoms with Crippen molar-refractivity contribution in [3.8, 4) is 11.3 Å². The number of carbonyl (C=O) groups excluding carboxylic acids is 1. The van der Waals surface area contributed by atoms with Crippen molar-refractivity contribution in [3.63, 3.8) is 0 Å². The van der Waals surface area contributed by atoms with Crippen molar-refractivity contribution in [2.24, 2.45) is 0 Å². The topological polar surface area (TPSA) is 85.1 Å². The molecule has 6 nitrogen and oxygen atoms in total. The van der Waals surface area contributed by atoms with Gasteiger partial charge in [0.25, 0.3) is 5.91 Å². The number of para-hydroxylation sites is 1. The zero-order chi connectivity index (χ0) is 21.3. The molecule has 0 unspecified atom stereocenters. The Hall–Kier alpha value is -4.01. The maximum atomic E-state index is 13.4. The van der Waals surface area contributed by atoms with Crippen molar-refractivity contribution < 1.29 is 22.4 Å². The van der Waals surface area contributed by atoms with Gasteiger partial charge in [-0.25, -0.2) is 9.97 Å². The molecular weight excluding hydrogens is 399 g/mol. The summed E-state index contributed by atoms with van der Waals surface area (Å²) in [5.74, 6) is -0.822. The fourth-order valence-electron chi connectivity index (χ4n) is 2.96. The highest BCUT2D eigenvalue weighted by Gasteiger charge is 2.34. The molecule has 1 amide bonds. The normalized spacial score (nSPS) is 11.4. The Morgan fingerprint density at radius 1 is 1.00 bits per heavy atom. The summed E-state index contributed by atoms with van der Waals surface area (Å²) in [5, 5.41) is 2.69. The molecule has 0 aliphatic rings. The molecule has 30 heavy (non-hydrogen) atoms. The number of carbonyl (C=O) groups is 1. The van der Waals surface area contributed by atoms with Crippen LogP contribution < -0.4 is 10.7 Å². The quantitative estimate of drug-likeness (QED) is 0.536. The molecule has 4 aromatic rings. The minimum atomic E-state index is -4.63. The number of anilines is 1. The summed E-state index contributed by atoms with van der Waals surface area (Å²) in [7, 11) is 0. The van der Waals surface area contributed by atoms with Crippen LogP contribution in [0, 0.1) is 0 Å². The fraction of sp³-hybridized carbons (Fsp3) is 0.0476. The zero-order valence-electron chi connectivity index (χ0n) is 15.1. The summed E-state index contributed by atoms with van der Waals surface area (Å²) in [6.45, 7) is 0. The summed E-state index contributed by atoms with van der Waals surface area (Å²) in [4.78, 5) is 32.5. The summed E-state index contributed by atoms with van der Waals surface area (Å²) in [6.07, 6.45) is -0.771. The lowest BCUT2D eigenvalue weighted by molar-refractivity contribution is -0.137. The third-order valence-corrected chi connectivity index (χ3v) is 4.32. The number of rotatable bonds is 3. The summed E-state index contributed by atoms with van der Waals surface area (Å²) >= 11 is 0. The largest absolute Gasteiger partial charge is 0.454 e. The van der Waals surface area contributed by atoms with Crippen LogP contribution in [0.25, 0.3) is 22.3 Å². The molecule has 2 aromatic heterocycles. The van der Waals surface area contributed by atoms with Crippen molar-refractivity contribution in [2.45, 2.75) is 6.18 Å². The van der Waals surface area contributed by atoms with Crippen LogP contribution in [0.1, 0.15) is 15.9 Å². The minimum Gasteiger partial charge on any atom is -0.454 e. The first kappa shape index (κ1) is 19.3. The van der Waals surface area contributed by atoms with Gasteiger partial charge in [0.15, 0.2) is 11.0 Å². The lowest BCUT2D eigenvalue weighted by Gasteiger charge is -2.13. The number of nitrogens with one attached hydrogen (secondary N) is 1. The van der Waals surface area contributed by atoms with E-state index in [0.29, 0.717) is 0 Å². The summed E-state index contributed by atoms with van der Waals surface area (Å²) in [6, 6.07) is 10.3. The van der Waals surface area contributed by atoms with E-state index < -0.39 is 23.1 Å². The van der Waals surface area contributed by atoms with Gasteiger partial charge in [0.1, 0.15) is 12.1 Å². The number of nitrogens with zero attached hydrogens (tertiary/aromatic N) is 2. The van der Waals surface area contributed by atoms with Crippen molar-refractivity contribution in [1.29, 1.82) is 0 Å². The molecule has 150 valence electrons. The number of aromatic nitrogens is 2. The molecule has 0 bridgehead atoms. The van der Waals surface area contributed by atoms with Gasteiger partial charge in [-0.3, -0.25) is 9.59 Å². The van der Waals surface area contributed by atoms with E-state index in [9.17, 15) is 22.8 Å². The van der Waals surface area contributed by atoms with Crippen molar-refractivity contribution in [3.05, 3.63) is 88.6 Å². The van der Waals surface area contributed by atoms with E-state index in [1.165, 1.54) is 55.1 Å². The predicted octanol–water partition coefficient (Wildman–Crippen LogP) is 4.52. The first-order valence-corrected chi connectivity index (χ1v) is 8.64. The van der Waals surface area contributed by atoms with Gasteiger partial charge in [-0.15, -0.1) is 0 Å². The molecule has 0 aliphatic carbocycles. The van der Waals surface area contributed by atoms with Crippen LogP contribution >= 0.6 is 0 Å². The van der Waals surface area contributed by atoms with Crippen LogP contribution in [0.2, 0.25) is 0 Å². The standard InChI is InChI=1S/C21H12F3N3O3/c22-21(23,24)15-6-2-1-4-13(15)18-8-17(28)14-5-3-7-16(19(14)30-18)27-20(29)12-9-25-11-26-10-12/h1-11H,(H,27,29). The van der Waals surface area contributed by atoms with E-state index in [1.54, 1.807) is 0 Å². The van der Waals surface area contributed by atoms with Gasteiger partial charge in [0.05, 0.1) is 22.2 Å². The molecule has 0 aliphatic heterocycles. The van der Waals surface area contributed by atoms with Crippen LogP contribution in [0.5, 0.6) is 0 Å². The highest BCUT2D eigenvalue weighted by atomic mass is 19.4. The van der Waals surface area contributed by atoms with Gasteiger partial charge >= 0.3 is 6.18 Å². The van der Waals surface area contributed by atoms with E-state index in [-0.39, 0.29) is 33.5 Å². The van der Waals surface area contributed by atoms with Crippen LogP contribution in [0.15, 0.2) is 76.5 Å². The predicted molar refractivity (Wildman–Crippen MR) is 103 cm³/mol. The lowest BCUT2D eigenvalue weighted by Crippen LogP contribution is -2.13. The Balaban J connectivity index is 1.86. The van der Waals surface area contributed by atoms with E-state index >= 15 is 0 Å². The maximum absolute atomic E-state index is 13.4. The molecule has 2 aromatic carbocycles. The molecule has 1 N–H and O–H groups in total. The second kappa shape index (κ2) is 7.43. The second-order valence-electron chi connectivity index (χ2n) is 6.28.